The second-order valence-electron chi connectivity index (χ2n) is 3.30. The third-order valence-electron chi connectivity index (χ3n) is 2.21. The van der Waals surface area contributed by atoms with E-state index in [1.807, 2.05) is 29.3 Å². The minimum atomic E-state index is 0.888. The maximum Gasteiger partial charge on any atom is 0.102 e. The fraction of sp³-hybridized carbons (Fsp3) is 0.400. The molecule has 4 heteroatoms. The standard InChI is InChI=1S/C10H12BrN3/c11-9-5-1-2-6-10(9)12-13-14-7-3-4-8-14/h1-2,5-6H,3-4,7-8H2. The predicted molar refractivity (Wildman–Crippen MR) is 59.5 cm³/mol. The van der Waals surface area contributed by atoms with E-state index in [4.69, 9.17) is 0 Å². The van der Waals surface area contributed by atoms with Crippen LogP contribution in [0.15, 0.2) is 39.1 Å². The van der Waals surface area contributed by atoms with E-state index in [0.29, 0.717) is 0 Å². The lowest BCUT2D eigenvalue weighted by Gasteiger charge is -2.06. The summed E-state index contributed by atoms with van der Waals surface area (Å²) in [5.41, 5.74) is 0.888. The molecule has 1 aliphatic heterocycles. The van der Waals surface area contributed by atoms with Crippen LogP contribution in [0, 0.1) is 0 Å². The molecule has 0 radical (unpaired) electrons. The summed E-state index contributed by atoms with van der Waals surface area (Å²) >= 11 is 3.43. The number of hydrogen-bond donors (Lipinski definition) is 0. The molecule has 14 heavy (non-hydrogen) atoms. The molecule has 3 nitrogen and oxygen atoms in total. The first-order chi connectivity index (χ1) is 6.86. The van der Waals surface area contributed by atoms with E-state index in [-0.39, 0.29) is 0 Å². The zero-order valence-corrected chi connectivity index (χ0v) is 9.44. The van der Waals surface area contributed by atoms with Crippen LogP contribution in [-0.4, -0.2) is 18.1 Å². The zero-order valence-electron chi connectivity index (χ0n) is 7.86. The second kappa shape index (κ2) is 4.55. The van der Waals surface area contributed by atoms with E-state index >= 15 is 0 Å². The monoisotopic (exact) mass is 253 g/mol. The minimum Gasteiger partial charge on any atom is -0.278 e. The van der Waals surface area contributed by atoms with Crippen molar-refractivity contribution in [2.45, 2.75) is 12.8 Å². The Balaban J connectivity index is 2.06. The molecule has 1 aromatic carbocycles. The fourth-order valence-electron chi connectivity index (χ4n) is 1.43. The van der Waals surface area contributed by atoms with Crippen molar-refractivity contribution < 1.29 is 0 Å². The van der Waals surface area contributed by atoms with Gasteiger partial charge in [-0.05, 0) is 40.9 Å². The summed E-state index contributed by atoms with van der Waals surface area (Å²) in [7, 11) is 0. The molecule has 1 fully saturated rings. The highest BCUT2D eigenvalue weighted by molar-refractivity contribution is 9.10. The summed E-state index contributed by atoms with van der Waals surface area (Å²) in [6.45, 7) is 2.07. The molecule has 0 spiro atoms. The maximum absolute atomic E-state index is 4.19. The van der Waals surface area contributed by atoms with Crippen LogP contribution < -0.4 is 0 Å². The smallest absolute Gasteiger partial charge is 0.102 e. The molecule has 0 amide bonds. The summed E-state index contributed by atoms with van der Waals surface area (Å²) in [6.07, 6.45) is 2.46. The van der Waals surface area contributed by atoms with Gasteiger partial charge in [0.05, 0.1) is 0 Å². The van der Waals surface area contributed by atoms with E-state index in [0.717, 1.165) is 23.2 Å². The first-order valence-corrected chi connectivity index (χ1v) is 5.57. The van der Waals surface area contributed by atoms with Crippen molar-refractivity contribution >= 4 is 21.6 Å². The Labute approximate surface area is 91.9 Å². The lowest BCUT2D eigenvalue weighted by Crippen LogP contribution is -2.09. The van der Waals surface area contributed by atoms with Crippen molar-refractivity contribution in [3.63, 3.8) is 0 Å². The van der Waals surface area contributed by atoms with Crippen molar-refractivity contribution in [1.29, 1.82) is 0 Å². The Bertz CT molecular complexity index is 332. The maximum atomic E-state index is 4.19. The van der Waals surface area contributed by atoms with Gasteiger partial charge in [-0.3, -0.25) is 5.01 Å². The van der Waals surface area contributed by atoms with Crippen molar-refractivity contribution in [3.8, 4) is 0 Å². The van der Waals surface area contributed by atoms with Crippen molar-refractivity contribution in [3.05, 3.63) is 28.7 Å². The fourth-order valence-corrected chi connectivity index (χ4v) is 1.80. The molecule has 1 aliphatic rings. The first kappa shape index (κ1) is 9.65. The van der Waals surface area contributed by atoms with E-state index in [1.54, 1.807) is 0 Å². The average Bonchev–Trinajstić information content (AvgIpc) is 2.69. The van der Waals surface area contributed by atoms with Crippen LogP contribution in [0.5, 0.6) is 0 Å². The third-order valence-corrected chi connectivity index (χ3v) is 2.88. The summed E-state index contributed by atoms with van der Waals surface area (Å²) in [6, 6.07) is 7.85. The van der Waals surface area contributed by atoms with Crippen molar-refractivity contribution in [2.24, 2.45) is 10.3 Å². The number of rotatable bonds is 2. The summed E-state index contributed by atoms with van der Waals surface area (Å²) in [5.74, 6) is 0. The summed E-state index contributed by atoms with van der Waals surface area (Å²) < 4.78 is 0.989. The van der Waals surface area contributed by atoms with Gasteiger partial charge in [0.1, 0.15) is 5.69 Å². The van der Waals surface area contributed by atoms with E-state index in [1.165, 1.54) is 12.8 Å². The Morgan fingerprint density at radius 2 is 1.86 bits per heavy atom. The summed E-state index contributed by atoms with van der Waals surface area (Å²) in [5, 5.41) is 10.4. The molecule has 0 aromatic heterocycles. The second-order valence-corrected chi connectivity index (χ2v) is 4.16. The van der Waals surface area contributed by atoms with Crippen molar-refractivity contribution in [1.82, 2.24) is 5.01 Å². The Kier molecular flexibility index (Phi) is 3.14. The van der Waals surface area contributed by atoms with Crippen LogP contribution in [0.1, 0.15) is 12.8 Å². The topological polar surface area (TPSA) is 28.0 Å². The highest BCUT2D eigenvalue weighted by Crippen LogP contribution is 2.25. The third kappa shape index (κ3) is 2.32. The van der Waals surface area contributed by atoms with Crippen LogP contribution >= 0.6 is 15.9 Å². The molecule has 0 unspecified atom stereocenters. The number of benzene rings is 1. The van der Waals surface area contributed by atoms with Gasteiger partial charge in [0.2, 0.25) is 0 Å². The van der Waals surface area contributed by atoms with E-state index < -0.39 is 0 Å². The minimum absolute atomic E-state index is 0.888. The largest absolute Gasteiger partial charge is 0.278 e. The lowest BCUT2D eigenvalue weighted by molar-refractivity contribution is 0.336. The Morgan fingerprint density at radius 3 is 2.57 bits per heavy atom. The van der Waals surface area contributed by atoms with Gasteiger partial charge in [-0.1, -0.05) is 17.4 Å². The van der Waals surface area contributed by atoms with Crippen LogP contribution in [0.2, 0.25) is 0 Å². The molecule has 0 bridgehead atoms. The Morgan fingerprint density at radius 1 is 1.14 bits per heavy atom. The molecule has 0 atom stereocenters. The Hall–Kier alpha value is -0.900. The van der Waals surface area contributed by atoms with Crippen LogP contribution in [-0.2, 0) is 0 Å². The predicted octanol–water partition coefficient (Wildman–Crippen LogP) is 3.54. The van der Waals surface area contributed by atoms with E-state index in [2.05, 4.69) is 26.3 Å². The van der Waals surface area contributed by atoms with Gasteiger partial charge in [0.25, 0.3) is 0 Å². The van der Waals surface area contributed by atoms with Gasteiger partial charge in [-0.2, -0.15) is 0 Å². The SMILES string of the molecule is Brc1ccccc1N=NN1CCCC1. The van der Waals surface area contributed by atoms with Gasteiger partial charge in [0, 0.05) is 17.6 Å². The molecular weight excluding hydrogens is 242 g/mol. The van der Waals surface area contributed by atoms with Gasteiger partial charge in [-0.25, -0.2) is 0 Å². The molecule has 0 N–H and O–H groups in total. The summed E-state index contributed by atoms with van der Waals surface area (Å²) in [4.78, 5) is 0. The average molecular weight is 254 g/mol. The molecular formula is C10H12BrN3. The number of halogens is 1. The first-order valence-electron chi connectivity index (χ1n) is 4.77. The molecule has 1 saturated heterocycles. The lowest BCUT2D eigenvalue weighted by atomic mass is 10.3. The highest BCUT2D eigenvalue weighted by Gasteiger charge is 2.08. The number of hydrogen-bond acceptors (Lipinski definition) is 2. The van der Waals surface area contributed by atoms with E-state index in [9.17, 15) is 0 Å². The highest BCUT2D eigenvalue weighted by atomic mass is 79.9. The van der Waals surface area contributed by atoms with Crippen molar-refractivity contribution in [2.75, 3.05) is 13.1 Å². The van der Waals surface area contributed by atoms with Gasteiger partial charge < -0.3 is 0 Å². The van der Waals surface area contributed by atoms with Crippen LogP contribution in [0.4, 0.5) is 5.69 Å². The zero-order chi connectivity index (χ0) is 9.80. The number of nitrogens with zero attached hydrogens (tertiary/aromatic N) is 3. The molecule has 0 saturated carbocycles. The van der Waals surface area contributed by atoms with Crippen LogP contribution in [0.3, 0.4) is 0 Å². The molecule has 2 rings (SSSR count). The van der Waals surface area contributed by atoms with Gasteiger partial charge in [0.15, 0.2) is 0 Å². The molecule has 74 valence electrons. The molecule has 1 heterocycles. The quantitative estimate of drug-likeness (QED) is 0.742. The van der Waals surface area contributed by atoms with Gasteiger partial charge in [-0.15, -0.1) is 5.11 Å². The molecule has 1 aromatic rings. The van der Waals surface area contributed by atoms with Crippen LogP contribution in [0.25, 0.3) is 0 Å². The molecule has 0 aliphatic carbocycles. The normalized spacial score (nSPS) is 16.8. The van der Waals surface area contributed by atoms with Gasteiger partial charge >= 0.3 is 0 Å².